The lowest BCUT2D eigenvalue weighted by Gasteiger charge is -2.29. The molecule has 6 heteroatoms. The summed E-state index contributed by atoms with van der Waals surface area (Å²) >= 11 is 0. The number of pyridine rings is 2. The molecule has 2 aromatic heterocycles. The molecule has 0 amide bonds. The second-order valence-electron chi connectivity index (χ2n) is 4.98. The fourth-order valence-electron chi connectivity index (χ4n) is 2.39. The van der Waals surface area contributed by atoms with Crippen LogP contribution in [0, 0.1) is 11.3 Å². The van der Waals surface area contributed by atoms with Crippen LogP contribution < -0.4 is 10.2 Å². The molecule has 22 heavy (non-hydrogen) atoms. The summed E-state index contributed by atoms with van der Waals surface area (Å²) in [6.07, 6.45) is 3.49. The van der Waals surface area contributed by atoms with Crippen LogP contribution in [0.3, 0.4) is 0 Å². The van der Waals surface area contributed by atoms with Gasteiger partial charge >= 0.3 is 0 Å². The van der Waals surface area contributed by atoms with Crippen LogP contribution in [0.25, 0.3) is 0 Å². The minimum Gasteiger partial charge on any atom is -0.380 e. The smallest absolute Gasteiger partial charge is 0.140 e. The van der Waals surface area contributed by atoms with Crippen molar-refractivity contribution >= 4 is 11.5 Å². The quantitative estimate of drug-likeness (QED) is 0.927. The number of anilines is 2. The molecule has 1 aliphatic heterocycles. The van der Waals surface area contributed by atoms with Crippen molar-refractivity contribution < 1.29 is 4.74 Å². The van der Waals surface area contributed by atoms with E-state index in [-0.39, 0.29) is 0 Å². The van der Waals surface area contributed by atoms with Crippen molar-refractivity contribution in [1.29, 1.82) is 5.26 Å². The van der Waals surface area contributed by atoms with Crippen LogP contribution in [0.4, 0.5) is 11.5 Å². The molecule has 0 saturated carbocycles. The largest absolute Gasteiger partial charge is 0.380 e. The average Bonchev–Trinajstić information content (AvgIpc) is 2.61. The first-order chi connectivity index (χ1) is 10.9. The fraction of sp³-hybridized carbons (Fsp3) is 0.312. The van der Waals surface area contributed by atoms with Crippen LogP contribution >= 0.6 is 0 Å². The summed E-state index contributed by atoms with van der Waals surface area (Å²) in [5.74, 6) is 1.000. The first-order valence-corrected chi connectivity index (χ1v) is 7.23. The predicted molar refractivity (Wildman–Crippen MR) is 83.5 cm³/mol. The van der Waals surface area contributed by atoms with Crippen LogP contribution in [0.2, 0.25) is 0 Å². The van der Waals surface area contributed by atoms with Gasteiger partial charge in [0.15, 0.2) is 0 Å². The number of nitrogens with zero attached hydrogens (tertiary/aromatic N) is 4. The van der Waals surface area contributed by atoms with E-state index in [2.05, 4.69) is 26.3 Å². The zero-order valence-electron chi connectivity index (χ0n) is 12.2. The number of hydrogen-bond donors (Lipinski definition) is 1. The van der Waals surface area contributed by atoms with Crippen molar-refractivity contribution in [2.24, 2.45) is 0 Å². The van der Waals surface area contributed by atoms with E-state index in [9.17, 15) is 0 Å². The standard InChI is InChI=1S/C16H17N5O/c17-10-14-3-4-15(12-20-14)19-11-13-2-1-5-18-16(13)21-6-8-22-9-7-21/h1-5,12,19H,6-9,11H2. The van der Waals surface area contributed by atoms with Crippen molar-refractivity contribution in [2.45, 2.75) is 6.54 Å². The lowest BCUT2D eigenvalue weighted by atomic mass is 10.2. The van der Waals surface area contributed by atoms with E-state index >= 15 is 0 Å². The minimum atomic E-state index is 0.418. The van der Waals surface area contributed by atoms with Gasteiger partial charge in [-0.1, -0.05) is 6.07 Å². The van der Waals surface area contributed by atoms with Gasteiger partial charge in [0, 0.05) is 31.4 Å². The zero-order chi connectivity index (χ0) is 15.2. The maximum Gasteiger partial charge on any atom is 0.140 e. The molecule has 0 aromatic carbocycles. The Hall–Kier alpha value is -2.65. The Morgan fingerprint density at radius 1 is 1.23 bits per heavy atom. The van der Waals surface area contributed by atoms with Crippen molar-refractivity contribution in [3.05, 3.63) is 47.9 Å². The van der Waals surface area contributed by atoms with E-state index in [1.807, 2.05) is 24.4 Å². The predicted octanol–water partition coefficient (Wildman–Crippen LogP) is 1.80. The highest BCUT2D eigenvalue weighted by Gasteiger charge is 2.15. The highest BCUT2D eigenvalue weighted by atomic mass is 16.5. The Bertz CT molecular complexity index is 659. The first kappa shape index (κ1) is 14.3. The molecule has 0 atom stereocenters. The molecule has 1 saturated heterocycles. The van der Waals surface area contributed by atoms with Crippen molar-refractivity contribution in [1.82, 2.24) is 9.97 Å². The van der Waals surface area contributed by atoms with Crippen molar-refractivity contribution in [2.75, 3.05) is 36.5 Å². The van der Waals surface area contributed by atoms with Crippen LogP contribution in [0.5, 0.6) is 0 Å². The molecular formula is C16H17N5O. The summed E-state index contributed by atoms with van der Waals surface area (Å²) in [6.45, 7) is 3.87. The topological polar surface area (TPSA) is 74.1 Å². The molecule has 0 aliphatic carbocycles. The third kappa shape index (κ3) is 3.32. The summed E-state index contributed by atoms with van der Waals surface area (Å²) in [5.41, 5.74) is 2.44. The average molecular weight is 295 g/mol. The van der Waals surface area contributed by atoms with Crippen LogP contribution in [-0.4, -0.2) is 36.3 Å². The van der Waals surface area contributed by atoms with Gasteiger partial charge in [-0.25, -0.2) is 9.97 Å². The van der Waals surface area contributed by atoms with Gasteiger partial charge in [-0.15, -0.1) is 0 Å². The van der Waals surface area contributed by atoms with Crippen LogP contribution in [0.1, 0.15) is 11.3 Å². The van der Waals surface area contributed by atoms with E-state index in [1.54, 1.807) is 12.3 Å². The number of aromatic nitrogens is 2. The van der Waals surface area contributed by atoms with Gasteiger partial charge in [0.05, 0.1) is 25.1 Å². The maximum absolute atomic E-state index is 8.76. The lowest BCUT2D eigenvalue weighted by molar-refractivity contribution is 0.122. The number of nitriles is 1. The highest BCUT2D eigenvalue weighted by Crippen LogP contribution is 2.19. The third-order valence-corrected chi connectivity index (χ3v) is 3.54. The molecular weight excluding hydrogens is 278 g/mol. The number of rotatable bonds is 4. The number of morpholine rings is 1. The molecule has 1 N–H and O–H groups in total. The summed E-state index contributed by atoms with van der Waals surface area (Å²) in [5, 5.41) is 12.1. The first-order valence-electron chi connectivity index (χ1n) is 7.23. The van der Waals surface area contributed by atoms with E-state index in [4.69, 9.17) is 10.00 Å². The summed E-state index contributed by atoms with van der Waals surface area (Å²) in [7, 11) is 0. The van der Waals surface area contributed by atoms with E-state index in [0.717, 1.165) is 43.4 Å². The van der Waals surface area contributed by atoms with E-state index in [0.29, 0.717) is 12.2 Å². The van der Waals surface area contributed by atoms with Crippen LogP contribution in [0.15, 0.2) is 36.7 Å². The minimum absolute atomic E-state index is 0.418. The van der Waals surface area contributed by atoms with Crippen LogP contribution in [-0.2, 0) is 11.3 Å². The lowest BCUT2D eigenvalue weighted by Crippen LogP contribution is -2.37. The van der Waals surface area contributed by atoms with Gasteiger partial charge in [-0.2, -0.15) is 5.26 Å². The zero-order valence-corrected chi connectivity index (χ0v) is 12.2. The molecule has 112 valence electrons. The van der Waals surface area contributed by atoms with Gasteiger partial charge in [0.25, 0.3) is 0 Å². The molecule has 2 aromatic rings. The SMILES string of the molecule is N#Cc1ccc(NCc2cccnc2N2CCOCC2)cn1. The highest BCUT2D eigenvalue weighted by molar-refractivity contribution is 5.50. The number of nitrogens with one attached hydrogen (secondary N) is 1. The van der Waals surface area contributed by atoms with E-state index in [1.165, 1.54) is 0 Å². The number of ether oxygens (including phenoxy) is 1. The second-order valence-corrected chi connectivity index (χ2v) is 4.98. The normalized spacial score (nSPS) is 14.4. The monoisotopic (exact) mass is 295 g/mol. The molecule has 6 nitrogen and oxygen atoms in total. The van der Waals surface area contributed by atoms with Gasteiger partial charge < -0.3 is 15.0 Å². The van der Waals surface area contributed by atoms with Gasteiger partial charge in [0.1, 0.15) is 17.6 Å². The Kier molecular flexibility index (Phi) is 4.47. The fourth-order valence-corrected chi connectivity index (χ4v) is 2.39. The molecule has 0 bridgehead atoms. The number of hydrogen-bond acceptors (Lipinski definition) is 6. The molecule has 0 unspecified atom stereocenters. The molecule has 3 rings (SSSR count). The van der Waals surface area contributed by atoms with E-state index < -0.39 is 0 Å². The van der Waals surface area contributed by atoms with Gasteiger partial charge in [-0.05, 0) is 18.2 Å². The molecule has 0 radical (unpaired) electrons. The van der Waals surface area contributed by atoms with Crippen molar-refractivity contribution in [3.8, 4) is 6.07 Å². The molecule has 3 heterocycles. The third-order valence-electron chi connectivity index (χ3n) is 3.54. The molecule has 1 fully saturated rings. The van der Waals surface area contributed by atoms with Gasteiger partial charge in [0.2, 0.25) is 0 Å². The molecule has 1 aliphatic rings. The maximum atomic E-state index is 8.76. The Labute approximate surface area is 129 Å². The Morgan fingerprint density at radius 2 is 2.09 bits per heavy atom. The Balaban J connectivity index is 1.70. The summed E-state index contributed by atoms with van der Waals surface area (Å²) in [6, 6.07) is 9.59. The second kappa shape index (κ2) is 6.87. The van der Waals surface area contributed by atoms with Crippen molar-refractivity contribution in [3.63, 3.8) is 0 Å². The summed E-state index contributed by atoms with van der Waals surface area (Å²) in [4.78, 5) is 10.8. The summed E-state index contributed by atoms with van der Waals surface area (Å²) < 4.78 is 5.39. The molecule has 0 spiro atoms. The van der Waals surface area contributed by atoms with Gasteiger partial charge in [-0.3, -0.25) is 0 Å². The Morgan fingerprint density at radius 3 is 2.82 bits per heavy atom.